The van der Waals surface area contributed by atoms with Crippen LogP contribution in [0.1, 0.15) is 19.4 Å². The monoisotopic (exact) mass is 256 g/mol. The summed E-state index contributed by atoms with van der Waals surface area (Å²) in [5.74, 6) is 0.323. The number of benzene rings is 1. The highest BCUT2D eigenvalue weighted by Gasteiger charge is 2.28. The van der Waals surface area contributed by atoms with E-state index < -0.39 is 5.60 Å². The summed E-state index contributed by atoms with van der Waals surface area (Å²) in [5, 5.41) is 0. The molecule has 0 fully saturated rings. The fraction of sp³-hybridized carbons (Fsp3) is 0.273. The number of hydrogen-bond acceptors (Lipinski definition) is 1. The second-order valence-electron chi connectivity index (χ2n) is 3.79. The number of hydrogen-bond donors (Lipinski definition) is 0. The third-order valence-electron chi connectivity index (χ3n) is 2.20. The lowest BCUT2D eigenvalue weighted by molar-refractivity contribution is 0.155. The van der Waals surface area contributed by atoms with E-state index in [9.17, 15) is 4.39 Å². The summed E-state index contributed by atoms with van der Waals surface area (Å²) < 4.78 is 19.6. The first-order valence-electron chi connectivity index (χ1n) is 4.35. The van der Waals surface area contributed by atoms with Crippen LogP contribution in [0.3, 0.4) is 0 Å². The minimum absolute atomic E-state index is 0.272. The predicted molar refractivity (Wildman–Crippen MR) is 58.0 cm³/mol. The standard InChI is InChI=1S/C11H10BrFO/c1-11(2)10(12)5-7-3-4-8(13)6-9(7)14-11/h3-6H,1-2H3. The Morgan fingerprint density at radius 1 is 1.36 bits per heavy atom. The normalized spacial score (nSPS) is 18.1. The molecule has 0 atom stereocenters. The lowest BCUT2D eigenvalue weighted by Gasteiger charge is -2.31. The fourth-order valence-electron chi connectivity index (χ4n) is 1.35. The highest BCUT2D eigenvalue weighted by Crippen LogP contribution is 2.38. The SMILES string of the molecule is CC1(C)Oc2cc(F)ccc2C=C1Br. The third-order valence-corrected chi connectivity index (χ3v) is 3.38. The molecule has 0 aliphatic carbocycles. The number of rotatable bonds is 0. The maximum absolute atomic E-state index is 12.9. The average molecular weight is 257 g/mol. The highest BCUT2D eigenvalue weighted by molar-refractivity contribution is 9.11. The van der Waals surface area contributed by atoms with E-state index in [0.29, 0.717) is 5.75 Å². The smallest absolute Gasteiger partial charge is 0.135 e. The summed E-state index contributed by atoms with van der Waals surface area (Å²) in [6.07, 6.45) is 1.96. The van der Waals surface area contributed by atoms with Gasteiger partial charge in [0, 0.05) is 16.1 Å². The number of fused-ring (bicyclic) bond motifs is 1. The molecule has 0 N–H and O–H groups in total. The largest absolute Gasteiger partial charge is 0.482 e. The second-order valence-corrected chi connectivity index (χ2v) is 4.64. The Bertz CT molecular complexity index is 410. The molecule has 1 aromatic rings. The molecule has 1 nitrogen and oxygen atoms in total. The van der Waals surface area contributed by atoms with E-state index in [4.69, 9.17) is 4.74 Å². The Kier molecular flexibility index (Phi) is 2.14. The molecule has 2 rings (SSSR count). The molecule has 0 bridgehead atoms. The Morgan fingerprint density at radius 2 is 2.07 bits per heavy atom. The molecule has 3 heteroatoms. The van der Waals surface area contributed by atoms with Gasteiger partial charge in [0.25, 0.3) is 0 Å². The van der Waals surface area contributed by atoms with Gasteiger partial charge in [-0.1, -0.05) is 15.9 Å². The first-order chi connectivity index (χ1) is 6.49. The van der Waals surface area contributed by atoms with Crippen molar-refractivity contribution in [1.82, 2.24) is 0 Å². The maximum Gasteiger partial charge on any atom is 0.135 e. The molecule has 0 amide bonds. The molecule has 0 unspecified atom stereocenters. The van der Waals surface area contributed by atoms with Crippen molar-refractivity contribution < 1.29 is 9.13 Å². The second kappa shape index (κ2) is 3.09. The van der Waals surface area contributed by atoms with Crippen LogP contribution in [-0.4, -0.2) is 5.60 Å². The highest BCUT2D eigenvalue weighted by atomic mass is 79.9. The number of halogens is 2. The van der Waals surface area contributed by atoms with Crippen LogP contribution in [0.25, 0.3) is 6.08 Å². The Hall–Kier alpha value is -0.830. The molecule has 1 aromatic carbocycles. The minimum Gasteiger partial charge on any atom is -0.482 e. The lowest BCUT2D eigenvalue weighted by Crippen LogP contribution is -2.30. The fourth-order valence-corrected chi connectivity index (χ4v) is 1.68. The minimum atomic E-state index is -0.416. The van der Waals surface area contributed by atoms with Crippen LogP contribution in [0.15, 0.2) is 22.7 Å². The van der Waals surface area contributed by atoms with Crippen LogP contribution in [0, 0.1) is 5.82 Å². The van der Waals surface area contributed by atoms with E-state index in [-0.39, 0.29) is 5.82 Å². The Balaban J connectivity index is 2.54. The zero-order valence-corrected chi connectivity index (χ0v) is 9.56. The van der Waals surface area contributed by atoms with Crippen molar-refractivity contribution in [2.45, 2.75) is 19.4 Å². The summed E-state index contributed by atoms with van der Waals surface area (Å²) >= 11 is 3.44. The van der Waals surface area contributed by atoms with Gasteiger partial charge in [-0.3, -0.25) is 0 Å². The molecule has 1 aliphatic heterocycles. The van der Waals surface area contributed by atoms with Gasteiger partial charge < -0.3 is 4.74 Å². The number of ether oxygens (including phenoxy) is 1. The van der Waals surface area contributed by atoms with Crippen LogP contribution in [-0.2, 0) is 0 Å². The van der Waals surface area contributed by atoms with Crippen molar-refractivity contribution in [1.29, 1.82) is 0 Å². The Morgan fingerprint density at radius 3 is 2.79 bits per heavy atom. The first kappa shape index (κ1) is 9.71. The van der Waals surface area contributed by atoms with Gasteiger partial charge in [0.1, 0.15) is 17.2 Å². The van der Waals surface area contributed by atoms with Gasteiger partial charge in [-0.2, -0.15) is 0 Å². The molecule has 0 saturated heterocycles. The van der Waals surface area contributed by atoms with Gasteiger partial charge in [-0.15, -0.1) is 0 Å². The first-order valence-corrected chi connectivity index (χ1v) is 5.14. The van der Waals surface area contributed by atoms with E-state index >= 15 is 0 Å². The van der Waals surface area contributed by atoms with Crippen molar-refractivity contribution in [3.63, 3.8) is 0 Å². The average Bonchev–Trinajstić information content (AvgIpc) is 2.07. The molecular formula is C11H10BrFO. The predicted octanol–water partition coefficient (Wildman–Crippen LogP) is 3.73. The molecule has 0 spiro atoms. The van der Waals surface area contributed by atoms with Crippen molar-refractivity contribution in [3.8, 4) is 5.75 Å². The van der Waals surface area contributed by atoms with E-state index in [1.165, 1.54) is 12.1 Å². The zero-order valence-electron chi connectivity index (χ0n) is 7.97. The van der Waals surface area contributed by atoms with Gasteiger partial charge >= 0.3 is 0 Å². The van der Waals surface area contributed by atoms with Gasteiger partial charge in [0.05, 0.1) is 0 Å². The van der Waals surface area contributed by atoms with E-state index in [1.807, 2.05) is 19.9 Å². The molecule has 1 heterocycles. The topological polar surface area (TPSA) is 9.23 Å². The van der Waals surface area contributed by atoms with E-state index in [2.05, 4.69) is 15.9 Å². The third kappa shape index (κ3) is 1.57. The molecule has 1 aliphatic rings. The summed E-state index contributed by atoms with van der Waals surface area (Å²) in [6.45, 7) is 3.86. The Labute approximate surface area is 90.7 Å². The quantitative estimate of drug-likeness (QED) is 0.688. The molecule has 74 valence electrons. The molecular weight excluding hydrogens is 247 g/mol. The van der Waals surface area contributed by atoms with Crippen LogP contribution in [0.5, 0.6) is 5.75 Å². The van der Waals surface area contributed by atoms with E-state index in [0.717, 1.165) is 10.0 Å². The van der Waals surface area contributed by atoms with Crippen molar-refractivity contribution in [2.75, 3.05) is 0 Å². The molecule has 0 aromatic heterocycles. The van der Waals surface area contributed by atoms with Gasteiger partial charge in [-0.05, 0) is 32.1 Å². The van der Waals surface area contributed by atoms with Gasteiger partial charge in [0.2, 0.25) is 0 Å². The summed E-state index contributed by atoms with van der Waals surface area (Å²) in [6, 6.07) is 4.55. The van der Waals surface area contributed by atoms with E-state index in [1.54, 1.807) is 6.07 Å². The summed E-state index contributed by atoms with van der Waals surface area (Å²) in [7, 11) is 0. The van der Waals surface area contributed by atoms with Gasteiger partial charge in [-0.25, -0.2) is 4.39 Å². The summed E-state index contributed by atoms with van der Waals surface area (Å²) in [5.41, 5.74) is 0.485. The van der Waals surface area contributed by atoms with Crippen LogP contribution >= 0.6 is 15.9 Å². The summed E-state index contributed by atoms with van der Waals surface area (Å²) in [4.78, 5) is 0. The van der Waals surface area contributed by atoms with Crippen LogP contribution in [0.2, 0.25) is 0 Å². The van der Waals surface area contributed by atoms with Crippen LogP contribution in [0.4, 0.5) is 4.39 Å². The molecule has 14 heavy (non-hydrogen) atoms. The zero-order chi connectivity index (χ0) is 10.3. The molecule has 0 saturated carbocycles. The van der Waals surface area contributed by atoms with Crippen molar-refractivity contribution in [3.05, 3.63) is 34.1 Å². The maximum atomic E-state index is 12.9. The lowest BCUT2D eigenvalue weighted by atomic mass is 10.0. The van der Waals surface area contributed by atoms with Crippen LogP contribution < -0.4 is 4.74 Å². The molecule has 0 radical (unpaired) electrons. The van der Waals surface area contributed by atoms with Gasteiger partial charge in [0.15, 0.2) is 0 Å². The van der Waals surface area contributed by atoms with Crippen molar-refractivity contribution in [2.24, 2.45) is 0 Å². The van der Waals surface area contributed by atoms with Crippen molar-refractivity contribution >= 4 is 22.0 Å².